The van der Waals surface area contributed by atoms with Gasteiger partial charge in [-0.05, 0) is 29.5 Å². The van der Waals surface area contributed by atoms with Crippen LogP contribution in [0.15, 0.2) is 18.2 Å². The largest absolute Gasteiger partial charge is 0.464 e. The second kappa shape index (κ2) is 6.45. The van der Waals surface area contributed by atoms with E-state index in [2.05, 4.69) is 4.74 Å². The van der Waals surface area contributed by atoms with Crippen LogP contribution >= 0.6 is 0 Å². The minimum atomic E-state index is -4.67. The summed E-state index contributed by atoms with van der Waals surface area (Å²) in [6.07, 6.45) is -2.84. The van der Waals surface area contributed by atoms with Crippen LogP contribution in [-0.4, -0.2) is 12.0 Å². The van der Waals surface area contributed by atoms with Crippen LogP contribution in [0.5, 0.6) is 5.75 Å². The van der Waals surface area contributed by atoms with Crippen LogP contribution in [0.1, 0.15) is 59.9 Å². The zero-order chi connectivity index (χ0) is 19.0. The Morgan fingerprint density at radius 1 is 1.00 bits per heavy atom. The third kappa shape index (κ3) is 3.95. The number of hydrogen-bond donors (Lipinski definition) is 1. The molecule has 6 heteroatoms. The number of ether oxygens (including phenoxy) is 1. The van der Waals surface area contributed by atoms with Gasteiger partial charge in [-0.15, -0.1) is 0 Å². The van der Waals surface area contributed by atoms with Crippen LogP contribution in [0.25, 0.3) is 0 Å². The highest BCUT2D eigenvalue weighted by Crippen LogP contribution is 2.48. The van der Waals surface area contributed by atoms with E-state index >= 15 is 0 Å². The van der Waals surface area contributed by atoms with Gasteiger partial charge in [0.15, 0.2) is 0 Å². The molecule has 0 heterocycles. The molecule has 24 heavy (non-hydrogen) atoms. The Morgan fingerprint density at radius 3 is 1.96 bits per heavy atom. The highest BCUT2D eigenvalue weighted by atomic mass is 19.3. The molecule has 0 bridgehead atoms. The summed E-state index contributed by atoms with van der Waals surface area (Å²) in [4.78, 5) is 0. The summed E-state index contributed by atoms with van der Waals surface area (Å²) < 4.78 is 60.3. The molecule has 0 radical (unpaired) electrons. The first kappa shape index (κ1) is 20.6. The Bertz CT molecular complexity index is 577. The average Bonchev–Trinajstić information content (AvgIpc) is 2.39. The first-order valence-electron chi connectivity index (χ1n) is 8.00. The Kier molecular flexibility index (Phi) is 5.53. The van der Waals surface area contributed by atoms with Crippen molar-refractivity contribution in [3.63, 3.8) is 0 Å². The summed E-state index contributed by atoms with van der Waals surface area (Å²) >= 11 is 0. The fourth-order valence-electron chi connectivity index (χ4n) is 2.47. The number of nitrogens with two attached hydrogens (primary N) is 1. The lowest BCUT2D eigenvalue weighted by molar-refractivity contribution is -0.340. The summed E-state index contributed by atoms with van der Waals surface area (Å²) in [6, 6.07) is 4.33. The van der Waals surface area contributed by atoms with Gasteiger partial charge in [-0.3, -0.25) is 0 Å². The molecule has 2 N–H and O–H groups in total. The molecule has 2 nitrogen and oxygen atoms in total. The number of alkyl halides is 4. The van der Waals surface area contributed by atoms with Crippen molar-refractivity contribution < 1.29 is 22.3 Å². The van der Waals surface area contributed by atoms with Gasteiger partial charge < -0.3 is 10.5 Å². The van der Waals surface area contributed by atoms with E-state index in [0.717, 1.165) is 39.2 Å². The van der Waals surface area contributed by atoms with Gasteiger partial charge in [0.25, 0.3) is 0 Å². The molecule has 1 aromatic rings. The Balaban J connectivity index is 3.14. The monoisotopic (exact) mass is 349 g/mol. The van der Waals surface area contributed by atoms with Crippen LogP contribution in [0.4, 0.5) is 23.2 Å². The Labute approximate surface area is 141 Å². The van der Waals surface area contributed by atoms with E-state index in [1.54, 1.807) is 6.07 Å². The fraction of sp³-hybridized carbons (Fsp3) is 0.667. The molecule has 0 amide bonds. The van der Waals surface area contributed by atoms with Gasteiger partial charge in [-0.2, -0.15) is 17.6 Å². The molecule has 0 spiro atoms. The van der Waals surface area contributed by atoms with E-state index in [-0.39, 0.29) is 11.1 Å². The van der Waals surface area contributed by atoms with Crippen molar-refractivity contribution in [2.45, 2.75) is 71.8 Å². The quantitative estimate of drug-likeness (QED) is 0.505. The van der Waals surface area contributed by atoms with E-state index in [1.165, 1.54) is 12.1 Å². The average molecular weight is 349 g/mol. The second-order valence-electron chi connectivity index (χ2n) is 7.83. The molecule has 0 saturated heterocycles. The van der Waals surface area contributed by atoms with E-state index in [4.69, 9.17) is 5.73 Å². The van der Waals surface area contributed by atoms with Crippen LogP contribution in [0.3, 0.4) is 0 Å². The molecule has 0 aromatic heterocycles. The Morgan fingerprint density at radius 2 is 1.54 bits per heavy atom. The maximum atomic E-state index is 14.0. The topological polar surface area (TPSA) is 35.2 Å². The van der Waals surface area contributed by atoms with Gasteiger partial charge in [0.1, 0.15) is 5.75 Å². The Hall–Kier alpha value is -1.46. The van der Waals surface area contributed by atoms with Gasteiger partial charge in [-0.1, -0.05) is 54.0 Å². The minimum absolute atomic E-state index is 0.0823. The van der Waals surface area contributed by atoms with E-state index in [9.17, 15) is 17.6 Å². The number of rotatable bonds is 6. The molecule has 1 rings (SSSR count). The van der Waals surface area contributed by atoms with E-state index in [0.29, 0.717) is 0 Å². The van der Waals surface area contributed by atoms with Crippen molar-refractivity contribution in [1.82, 2.24) is 0 Å². The predicted octanol–water partition coefficient (Wildman–Crippen LogP) is 6.00. The highest BCUT2D eigenvalue weighted by Gasteiger charge is 2.66. The highest BCUT2D eigenvalue weighted by molar-refractivity contribution is 5.55. The maximum Gasteiger partial charge on any atom is 0.464 e. The lowest BCUT2D eigenvalue weighted by Gasteiger charge is -2.35. The van der Waals surface area contributed by atoms with Crippen LogP contribution in [0.2, 0.25) is 0 Å². The minimum Gasteiger partial charge on any atom is -0.426 e. The third-order valence-corrected chi connectivity index (χ3v) is 4.21. The first-order chi connectivity index (χ1) is 10.7. The molecule has 1 aromatic carbocycles. The van der Waals surface area contributed by atoms with Crippen molar-refractivity contribution >= 4 is 5.69 Å². The summed E-state index contributed by atoms with van der Waals surface area (Å²) in [6.45, 7) is 9.15. The molecule has 0 saturated carbocycles. The van der Waals surface area contributed by atoms with Crippen LogP contribution < -0.4 is 10.5 Å². The van der Waals surface area contributed by atoms with Crippen LogP contribution in [-0.2, 0) is 5.41 Å². The third-order valence-electron chi connectivity index (χ3n) is 4.21. The number of halogens is 4. The zero-order valence-corrected chi connectivity index (χ0v) is 15.1. The van der Waals surface area contributed by atoms with Gasteiger partial charge in [0.05, 0.1) is 5.69 Å². The van der Waals surface area contributed by atoms with Crippen molar-refractivity contribution in [2.24, 2.45) is 5.41 Å². The molecule has 0 fully saturated rings. The molecule has 138 valence electrons. The number of hydrogen-bond acceptors (Lipinski definition) is 2. The molecule has 0 aliphatic heterocycles. The van der Waals surface area contributed by atoms with E-state index in [1.807, 2.05) is 20.8 Å². The number of benzene rings is 1. The maximum absolute atomic E-state index is 14.0. The predicted molar refractivity (Wildman–Crippen MR) is 88.8 cm³/mol. The molecular formula is C18H27F4NO. The fourth-order valence-corrected chi connectivity index (χ4v) is 2.47. The van der Waals surface area contributed by atoms with Crippen molar-refractivity contribution in [2.75, 3.05) is 5.73 Å². The van der Waals surface area contributed by atoms with Gasteiger partial charge in [0.2, 0.25) is 0 Å². The second-order valence-corrected chi connectivity index (χ2v) is 7.83. The summed E-state index contributed by atoms with van der Waals surface area (Å²) in [7, 11) is 0. The van der Waals surface area contributed by atoms with Crippen molar-refractivity contribution in [1.29, 1.82) is 0 Å². The van der Waals surface area contributed by atoms with Crippen LogP contribution in [0, 0.1) is 5.41 Å². The molecule has 0 atom stereocenters. The molecule has 0 aliphatic rings. The van der Waals surface area contributed by atoms with Gasteiger partial charge in [0, 0.05) is 5.41 Å². The van der Waals surface area contributed by atoms with Gasteiger partial charge >= 0.3 is 12.0 Å². The summed E-state index contributed by atoms with van der Waals surface area (Å²) in [5, 5.41) is 0. The summed E-state index contributed by atoms with van der Waals surface area (Å²) in [5.41, 5.74) is 4.38. The number of anilines is 1. The van der Waals surface area contributed by atoms with Crippen molar-refractivity contribution in [3.05, 3.63) is 23.8 Å². The van der Waals surface area contributed by atoms with E-state index < -0.39 is 23.2 Å². The molecular weight excluding hydrogens is 322 g/mol. The summed E-state index contributed by atoms with van der Waals surface area (Å²) in [5.74, 6) is -4.80. The smallest absolute Gasteiger partial charge is 0.426 e. The van der Waals surface area contributed by atoms with Gasteiger partial charge in [-0.25, -0.2) is 0 Å². The SMILES string of the molecule is CCCC(C)(C)c1ccc(OC(F)(F)C(F)(F)C(C)(C)C)c(N)c1. The van der Waals surface area contributed by atoms with Crippen molar-refractivity contribution in [3.8, 4) is 5.75 Å². The zero-order valence-electron chi connectivity index (χ0n) is 15.1. The standard InChI is InChI=1S/C18H27F4NO/c1-7-10-16(5,6)12-8-9-14(13(23)11-12)24-18(21,22)17(19,20)15(2,3)4/h8-9,11H,7,10,23H2,1-6H3. The lowest BCUT2D eigenvalue weighted by Crippen LogP contribution is -2.53. The normalized spacial score (nSPS) is 13.9. The molecule has 0 unspecified atom stereocenters. The number of nitrogen functional groups attached to an aromatic ring is 1. The first-order valence-corrected chi connectivity index (χ1v) is 8.00. The molecule has 0 aliphatic carbocycles. The lowest BCUT2D eigenvalue weighted by atomic mass is 9.80.